The van der Waals surface area contributed by atoms with Gasteiger partial charge in [0, 0.05) is 27.6 Å². The molecule has 0 spiro atoms. The zero-order valence-electron chi connectivity index (χ0n) is 21.4. The molecule has 0 saturated heterocycles. The summed E-state index contributed by atoms with van der Waals surface area (Å²) in [4.78, 5) is 38.1. The highest BCUT2D eigenvalue weighted by Crippen LogP contribution is 2.43. The van der Waals surface area contributed by atoms with Crippen LogP contribution in [0.3, 0.4) is 0 Å². The number of amides is 1. The molecule has 0 radical (unpaired) electrons. The molecule has 1 amide bonds. The van der Waals surface area contributed by atoms with Gasteiger partial charge in [-0.15, -0.1) is 0 Å². The van der Waals surface area contributed by atoms with E-state index in [1.807, 2.05) is 51.1 Å². The first-order chi connectivity index (χ1) is 17.6. The van der Waals surface area contributed by atoms with E-state index in [-0.39, 0.29) is 29.7 Å². The Hall–Kier alpha value is -3.45. The molecule has 8 heteroatoms. The van der Waals surface area contributed by atoms with Crippen LogP contribution in [0.4, 0.5) is 4.79 Å². The van der Waals surface area contributed by atoms with Crippen LogP contribution in [0.15, 0.2) is 71.5 Å². The summed E-state index contributed by atoms with van der Waals surface area (Å²) in [6, 6.07) is 19.2. The normalized spacial score (nSPS) is 19.7. The van der Waals surface area contributed by atoms with E-state index in [0.29, 0.717) is 36.3 Å². The van der Waals surface area contributed by atoms with Crippen LogP contribution in [-0.4, -0.2) is 33.8 Å². The van der Waals surface area contributed by atoms with E-state index in [4.69, 9.17) is 16.3 Å². The second-order valence-electron chi connectivity index (χ2n) is 10.7. The lowest BCUT2D eigenvalue weighted by atomic mass is 9.68. The van der Waals surface area contributed by atoms with Crippen molar-refractivity contribution in [3.8, 4) is 0 Å². The van der Waals surface area contributed by atoms with Gasteiger partial charge in [0.15, 0.2) is 0 Å². The Morgan fingerprint density at radius 3 is 2.41 bits per heavy atom. The minimum absolute atomic E-state index is 0.174. The molecular formula is C29H32ClN3O4. The number of carbonyl (C=O) groups excluding carboxylic acids is 2. The van der Waals surface area contributed by atoms with Crippen molar-refractivity contribution in [3.05, 3.63) is 98.9 Å². The molecule has 1 aromatic heterocycles. The predicted molar refractivity (Wildman–Crippen MR) is 143 cm³/mol. The molecule has 7 nitrogen and oxygen atoms in total. The van der Waals surface area contributed by atoms with Gasteiger partial charge >= 0.3 is 6.09 Å². The summed E-state index contributed by atoms with van der Waals surface area (Å²) in [5, 5.41) is 7.91. The van der Waals surface area contributed by atoms with Gasteiger partial charge in [-0.3, -0.25) is 9.59 Å². The summed E-state index contributed by atoms with van der Waals surface area (Å²) in [5.74, 6) is -0.225. The molecule has 37 heavy (non-hydrogen) atoms. The van der Waals surface area contributed by atoms with Crippen LogP contribution in [0.5, 0.6) is 0 Å². The van der Waals surface area contributed by atoms with Crippen molar-refractivity contribution in [2.45, 2.75) is 63.5 Å². The van der Waals surface area contributed by atoms with Crippen LogP contribution in [0.25, 0.3) is 0 Å². The molecule has 4 rings (SSSR count). The monoisotopic (exact) mass is 521 g/mol. The van der Waals surface area contributed by atoms with Crippen LogP contribution in [0.2, 0.25) is 5.02 Å². The Bertz CT molecular complexity index is 1320. The fourth-order valence-corrected chi connectivity index (χ4v) is 5.02. The highest BCUT2D eigenvalue weighted by molar-refractivity contribution is 6.30. The molecule has 194 valence electrons. The maximum absolute atomic E-state index is 12.9. The Balaban J connectivity index is 1.55. The van der Waals surface area contributed by atoms with Crippen molar-refractivity contribution in [3.63, 3.8) is 0 Å². The quantitative estimate of drug-likeness (QED) is 0.420. The van der Waals surface area contributed by atoms with Gasteiger partial charge in [-0.25, -0.2) is 9.48 Å². The number of ether oxygens (including phenoxy) is 1. The van der Waals surface area contributed by atoms with Crippen LogP contribution in [0, 0.1) is 0 Å². The number of hydrogen-bond acceptors (Lipinski definition) is 5. The molecule has 0 atom stereocenters. The van der Waals surface area contributed by atoms with Crippen molar-refractivity contribution < 1.29 is 14.3 Å². The molecule has 1 aliphatic rings. The molecule has 0 unspecified atom stereocenters. The van der Waals surface area contributed by atoms with E-state index in [1.54, 1.807) is 24.3 Å². The molecule has 3 aromatic rings. The van der Waals surface area contributed by atoms with Crippen molar-refractivity contribution in [2.75, 3.05) is 6.61 Å². The molecule has 1 aliphatic carbocycles. The number of ketones is 1. The van der Waals surface area contributed by atoms with Gasteiger partial charge in [-0.2, -0.15) is 5.10 Å². The van der Waals surface area contributed by atoms with E-state index < -0.39 is 17.0 Å². The van der Waals surface area contributed by atoms with E-state index in [0.717, 1.165) is 5.56 Å². The topological polar surface area (TPSA) is 90.3 Å². The fourth-order valence-electron chi connectivity index (χ4n) is 4.83. The first-order valence-corrected chi connectivity index (χ1v) is 12.8. The lowest BCUT2D eigenvalue weighted by molar-refractivity contribution is 0.0836. The minimum Gasteiger partial charge on any atom is -0.449 e. The molecular weight excluding hydrogens is 490 g/mol. The minimum atomic E-state index is -0.471. The average molecular weight is 522 g/mol. The molecule has 0 aliphatic heterocycles. The van der Waals surface area contributed by atoms with Crippen molar-refractivity contribution >= 4 is 23.5 Å². The average Bonchev–Trinajstić information content (AvgIpc) is 2.87. The number of rotatable bonds is 6. The number of nitrogens with one attached hydrogen (secondary N) is 1. The fraction of sp³-hybridized carbons (Fsp3) is 0.379. The third kappa shape index (κ3) is 6.46. The lowest BCUT2D eigenvalue weighted by Gasteiger charge is -2.40. The summed E-state index contributed by atoms with van der Waals surface area (Å²) >= 11 is 6.31. The van der Waals surface area contributed by atoms with E-state index in [2.05, 4.69) is 10.4 Å². The van der Waals surface area contributed by atoms with Crippen LogP contribution in [0.1, 0.15) is 74.1 Å². The van der Waals surface area contributed by atoms with E-state index in [1.165, 1.54) is 16.8 Å². The molecule has 1 saturated carbocycles. The summed E-state index contributed by atoms with van der Waals surface area (Å²) < 4.78 is 7.13. The maximum atomic E-state index is 12.9. The van der Waals surface area contributed by atoms with E-state index in [9.17, 15) is 14.4 Å². The number of carbonyl (C=O) groups is 2. The van der Waals surface area contributed by atoms with E-state index >= 15 is 0 Å². The van der Waals surface area contributed by atoms with Gasteiger partial charge in [-0.1, -0.05) is 54.1 Å². The number of alkyl carbamates (subject to hydrolysis) is 1. The molecule has 0 bridgehead atoms. The number of hydrogen-bond donors (Lipinski definition) is 1. The maximum Gasteiger partial charge on any atom is 0.407 e. The second kappa shape index (κ2) is 10.9. The van der Waals surface area contributed by atoms with Gasteiger partial charge in [0.25, 0.3) is 5.56 Å². The van der Waals surface area contributed by atoms with Crippen LogP contribution < -0.4 is 10.9 Å². The van der Waals surface area contributed by atoms with Crippen LogP contribution in [-0.2, 0) is 10.2 Å². The highest BCUT2D eigenvalue weighted by Gasteiger charge is 2.39. The highest BCUT2D eigenvalue weighted by atomic mass is 35.5. The zero-order valence-corrected chi connectivity index (χ0v) is 22.1. The summed E-state index contributed by atoms with van der Waals surface area (Å²) in [6.45, 7) is 5.88. The number of benzene rings is 2. The van der Waals surface area contributed by atoms with Gasteiger partial charge in [-0.05, 0) is 70.2 Å². The van der Waals surface area contributed by atoms with Crippen molar-refractivity contribution in [2.24, 2.45) is 0 Å². The number of aromatic nitrogens is 2. The SMILES string of the molecule is CC(C)(C)NC(=O)OCC1(c2cccc(Cl)c2)CCC(n2nc(C(=O)c3ccccc3)ccc2=O)CC1. The Labute approximate surface area is 221 Å². The van der Waals surface area contributed by atoms with Gasteiger partial charge in [0.2, 0.25) is 5.78 Å². The zero-order chi connectivity index (χ0) is 26.6. The summed E-state index contributed by atoms with van der Waals surface area (Å²) in [7, 11) is 0. The second-order valence-corrected chi connectivity index (χ2v) is 11.1. The molecule has 1 N–H and O–H groups in total. The van der Waals surface area contributed by atoms with Gasteiger partial charge in [0.1, 0.15) is 12.3 Å². The Morgan fingerprint density at radius 1 is 1.05 bits per heavy atom. The third-order valence-electron chi connectivity index (χ3n) is 6.75. The standard InChI is InChI=1S/C29H32ClN3O4/c1-28(2,3)31-27(36)37-19-29(21-10-7-11-22(30)18-21)16-14-23(15-17-29)33-25(34)13-12-24(32-33)26(35)20-8-5-4-6-9-20/h4-13,18,23H,14-17,19H2,1-3H3,(H,31,36). The largest absolute Gasteiger partial charge is 0.449 e. The molecule has 1 heterocycles. The predicted octanol–water partition coefficient (Wildman–Crippen LogP) is 5.71. The Morgan fingerprint density at radius 2 is 1.76 bits per heavy atom. The lowest BCUT2D eigenvalue weighted by Crippen LogP contribution is -2.44. The first-order valence-electron chi connectivity index (χ1n) is 12.5. The number of halogens is 1. The van der Waals surface area contributed by atoms with Gasteiger partial charge < -0.3 is 10.1 Å². The summed E-state index contributed by atoms with van der Waals surface area (Å²) in [6.07, 6.45) is 2.11. The Kier molecular flexibility index (Phi) is 7.83. The van der Waals surface area contributed by atoms with Crippen molar-refractivity contribution in [1.29, 1.82) is 0 Å². The molecule has 1 fully saturated rings. The summed E-state index contributed by atoms with van der Waals surface area (Å²) in [5.41, 5.74) is 0.653. The van der Waals surface area contributed by atoms with Gasteiger partial charge in [0.05, 0.1) is 6.04 Å². The first kappa shape index (κ1) is 26.6. The third-order valence-corrected chi connectivity index (χ3v) is 6.98. The van der Waals surface area contributed by atoms with Crippen molar-refractivity contribution in [1.82, 2.24) is 15.1 Å². The molecule has 2 aromatic carbocycles. The number of nitrogens with zero attached hydrogens (tertiary/aromatic N) is 2. The van der Waals surface area contributed by atoms with Crippen LogP contribution >= 0.6 is 11.6 Å². The smallest absolute Gasteiger partial charge is 0.407 e.